The molecule has 2 heterocycles. The number of benzene rings is 10. The molecule has 15 rings (SSSR count). The Morgan fingerprint density at radius 1 is 0.506 bits per heavy atom. The normalized spacial score (nSPS) is 16.8. The molecule has 0 fully saturated rings. The van der Waals surface area contributed by atoms with Gasteiger partial charge in [0.15, 0.2) is 0 Å². The second-order valence-electron chi connectivity index (χ2n) is 21.5. The van der Waals surface area contributed by atoms with Crippen molar-refractivity contribution in [2.24, 2.45) is 0 Å². The molecule has 0 saturated carbocycles. The predicted octanol–water partition coefficient (Wildman–Crippen LogP) is 20.6. The molecule has 10 aromatic carbocycles. The van der Waals surface area contributed by atoms with Crippen molar-refractivity contribution in [1.29, 1.82) is 0 Å². The number of aryl methyl sites for hydroxylation is 1. The lowest BCUT2D eigenvalue weighted by Crippen LogP contribution is -2.30. The van der Waals surface area contributed by atoms with E-state index in [2.05, 4.69) is 306 Å². The van der Waals surface area contributed by atoms with Crippen LogP contribution in [0.1, 0.15) is 75.4 Å². The summed E-state index contributed by atoms with van der Waals surface area (Å²) in [5.74, 6) is 0. The highest BCUT2D eigenvalue weighted by molar-refractivity contribution is 14.2. The smallest absolute Gasteiger partial charge is 0.0792 e. The number of hydrogen-bond acceptors (Lipinski definition) is 3. The third-order valence-corrected chi connectivity index (χ3v) is 20.6. The van der Waals surface area contributed by atoms with Crippen molar-refractivity contribution in [1.82, 2.24) is 0 Å². The average molecular weight is 1170 g/mol. The highest BCUT2D eigenvalue weighted by Gasteiger charge is 2.49. The Labute approximate surface area is 490 Å². The fourth-order valence-corrected chi connectivity index (χ4v) is 16.9. The van der Waals surface area contributed by atoms with Gasteiger partial charge in [-0.25, -0.2) is 0 Å². The molecular weight excluding hydrogens is 1110 g/mol. The Morgan fingerprint density at radius 2 is 1.04 bits per heavy atom. The van der Waals surface area contributed by atoms with Gasteiger partial charge in [0.1, 0.15) is 0 Å². The molecule has 1 atom stereocenters. The summed E-state index contributed by atoms with van der Waals surface area (Å²) in [6.45, 7) is 2.27. The molecule has 81 heavy (non-hydrogen) atoms. The van der Waals surface area contributed by atoms with E-state index in [0.717, 1.165) is 19.3 Å². The summed E-state index contributed by atoms with van der Waals surface area (Å²) in [5, 5.41) is 0. The van der Waals surface area contributed by atoms with Crippen LogP contribution in [0, 0.1) is 0 Å². The average Bonchev–Trinajstić information content (AvgIpc) is 2.74. The van der Waals surface area contributed by atoms with Crippen LogP contribution in [0.4, 0.5) is 28.4 Å². The molecule has 2 nitrogen and oxygen atoms in total. The van der Waals surface area contributed by atoms with Gasteiger partial charge in [-0.15, -0.1) is 0 Å². The van der Waals surface area contributed by atoms with Gasteiger partial charge in [0, 0.05) is 26.9 Å². The first kappa shape index (κ1) is 49.5. The Kier molecular flexibility index (Phi) is 12.5. The molecule has 0 amide bonds. The summed E-state index contributed by atoms with van der Waals surface area (Å²) < 4.78 is 3.75. The van der Waals surface area contributed by atoms with Crippen molar-refractivity contribution in [2.75, 3.05) is 9.80 Å². The second-order valence-corrected chi connectivity index (χ2v) is 25.0. The summed E-state index contributed by atoms with van der Waals surface area (Å²) in [6, 6.07) is 89.5. The quantitative estimate of drug-likeness (QED) is 0.0941. The van der Waals surface area contributed by atoms with Gasteiger partial charge < -0.3 is 9.80 Å². The first-order chi connectivity index (χ1) is 40.1. The third kappa shape index (κ3) is 8.01. The maximum Gasteiger partial charge on any atom is 0.0792 e. The largest absolute Gasteiger partial charge is 0.308 e. The highest BCUT2D eigenvalue weighted by atomic mass is 127. The number of hydrogen-bond donors (Lipinski definition) is 0. The van der Waals surface area contributed by atoms with Crippen LogP contribution in [0.3, 0.4) is 0 Å². The maximum atomic E-state index is 2.55. The number of nitrogens with zero attached hydrogens (tertiary/aromatic N) is 2. The highest BCUT2D eigenvalue weighted by Crippen LogP contribution is 2.61. The van der Waals surface area contributed by atoms with Crippen LogP contribution in [0.2, 0.25) is 0 Å². The van der Waals surface area contributed by atoms with Crippen molar-refractivity contribution in [3.63, 3.8) is 0 Å². The van der Waals surface area contributed by atoms with E-state index in [1.54, 1.807) is 0 Å². The van der Waals surface area contributed by atoms with Crippen molar-refractivity contribution < 1.29 is 0 Å². The van der Waals surface area contributed by atoms with E-state index in [0.29, 0.717) is 0 Å². The van der Waals surface area contributed by atoms with Gasteiger partial charge in [0.05, 0.1) is 25.8 Å². The minimum Gasteiger partial charge on any atom is -0.308 e. The zero-order valence-corrected chi connectivity index (χ0v) is 48.0. The maximum absolute atomic E-state index is 2.55. The van der Waals surface area contributed by atoms with Gasteiger partial charge in [-0.05, 0) is 174 Å². The molecule has 5 aliphatic rings. The van der Waals surface area contributed by atoms with Crippen LogP contribution in [0.5, 0.6) is 0 Å². The van der Waals surface area contributed by atoms with E-state index in [-0.39, 0.29) is 20.7 Å². The third-order valence-electron chi connectivity index (χ3n) is 17.2. The van der Waals surface area contributed by atoms with Crippen molar-refractivity contribution >= 4 is 76.7 Å². The van der Waals surface area contributed by atoms with Crippen LogP contribution in [0.15, 0.2) is 292 Å². The van der Waals surface area contributed by atoms with Crippen molar-refractivity contribution in [3.05, 3.63) is 338 Å². The molecule has 3 aliphatic carbocycles. The molecule has 0 radical (unpaired) electrons. The molecule has 388 valence electrons. The molecule has 0 N–H and O–H groups in total. The summed E-state index contributed by atoms with van der Waals surface area (Å²) >= 11 is 1.50. The van der Waals surface area contributed by atoms with Crippen LogP contribution in [-0.2, 0) is 17.3 Å². The van der Waals surface area contributed by atoms with Crippen molar-refractivity contribution in [2.45, 2.75) is 46.8 Å². The minimum atomic E-state index is -0.585. The van der Waals surface area contributed by atoms with Gasteiger partial charge in [-0.2, -0.15) is 0 Å². The van der Waals surface area contributed by atoms with Gasteiger partial charge in [0.2, 0.25) is 0 Å². The van der Waals surface area contributed by atoms with Crippen LogP contribution in [0.25, 0.3) is 34.4 Å². The Hall–Kier alpha value is -8.55. The zero-order chi connectivity index (χ0) is 53.9. The molecule has 0 aromatic heterocycles. The zero-order valence-electron chi connectivity index (χ0n) is 45.0. The topological polar surface area (TPSA) is 6.48 Å². The predicted molar refractivity (Wildman–Crippen MR) is 351 cm³/mol. The van der Waals surface area contributed by atoms with Crippen LogP contribution >= 0.6 is 32.5 Å². The molecule has 1 unspecified atom stereocenters. The summed E-state index contributed by atoms with van der Waals surface area (Å²) in [4.78, 5) is 7.56. The lowest BCUT2D eigenvalue weighted by molar-refractivity contribution is 0.692. The summed E-state index contributed by atoms with van der Waals surface area (Å²) in [7, 11) is 0. The first-order valence-corrected chi connectivity index (χ1v) is 31.4. The van der Waals surface area contributed by atoms with E-state index in [1.165, 1.54) is 125 Å². The number of para-hydroxylation sites is 3. The number of anilines is 5. The van der Waals surface area contributed by atoms with Crippen LogP contribution < -0.4 is 9.80 Å². The van der Waals surface area contributed by atoms with Gasteiger partial charge >= 0.3 is 0 Å². The number of fused-ring (bicyclic) bond motifs is 8. The van der Waals surface area contributed by atoms with Gasteiger partial charge in [0.25, 0.3) is 0 Å². The first-order valence-electron chi connectivity index (χ1n) is 28.3. The van der Waals surface area contributed by atoms with Gasteiger partial charge in [-0.1, -0.05) is 257 Å². The molecule has 4 heteroatoms. The van der Waals surface area contributed by atoms with Crippen LogP contribution in [-0.4, -0.2) is 3.63 Å². The molecule has 10 aromatic rings. The SMILES string of the molecule is CCc1ccccc1N(C1=IC=CC=C1)c1ccc2c(c1)C(c1ccccc1)(c1ccccc1)c1cc(/C=C/c3ccc4c(c3)C(C3=CC=CCC3)(c3ccccc3)c3cc(N5c6ccccc6Sc6ccccc65)ccc3-4)ccc1-2. The fraction of sp³-hybridized carbons (Fsp3) is 0.0779. The molecule has 2 aliphatic heterocycles. The monoisotopic (exact) mass is 1170 g/mol. The van der Waals surface area contributed by atoms with E-state index in [1.807, 2.05) is 11.8 Å². The Bertz CT molecular complexity index is 4230. The molecular formula is C77H57IN2S. The number of rotatable bonds is 11. The minimum absolute atomic E-state index is 0.353. The van der Waals surface area contributed by atoms with E-state index in [4.69, 9.17) is 0 Å². The molecule has 0 bridgehead atoms. The van der Waals surface area contributed by atoms with E-state index >= 15 is 0 Å². The molecule has 0 spiro atoms. The fourth-order valence-electron chi connectivity index (χ4n) is 13.8. The Morgan fingerprint density at radius 3 is 1.63 bits per heavy atom. The molecule has 0 saturated heterocycles. The van der Waals surface area contributed by atoms with Crippen molar-refractivity contribution in [3.8, 4) is 22.3 Å². The summed E-state index contributed by atoms with van der Waals surface area (Å²) in [6.07, 6.45) is 21.4. The lowest BCUT2D eigenvalue weighted by Gasteiger charge is -2.38. The standard InChI is InChI=1S/C77H57IN2S/c1-2-55-23-15-16-32-70(55)80(75-37-21-22-48-78-75)61-43-47-65-63-45-41-54(50-67(63)77(69(65)52-61,58-28-11-5-12-29-58)59-30-13-6-14-31-59)39-38-53-40-44-62-64-46-42-60(79-71-33-17-19-35-73(71)81-74-36-20-18-34-72(74)79)51-68(64)76(66(62)49-53,56-24-7-3-8-25-56)57-26-9-4-10-27-57/h3-9,11-26,28-52H,2,10,27H2,1H3/b39-38+. The number of halogens is 1. The second kappa shape index (κ2) is 20.5. The van der Waals surface area contributed by atoms with E-state index in [9.17, 15) is 0 Å². The number of allylic oxidation sites excluding steroid dienone is 6. The Balaban J connectivity index is 0.880. The van der Waals surface area contributed by atoms with E-state index < -0.39 is 10.8 Å². The van der Waals surface area contributed by atoms with Gasteiger partial charge in [-0.3, -0.25) is 0 Å². The lowest BCUT2D eigenvalue weighted by atomic mass is 9.65. The summed E-state index contributed by atoms with van der Waals surface area (Å²) in [5.41, 5.74) is 24.3.